The average Bonchev–Trinajstić information content (AvgIpc) is 2.80. The number of ether oxygens (including phenoxy) is 4. The van der Waals surface area contributed by atoms with Crippen LogP contribution in [0.3, 0.4) is 0 Å². The maximum absolute atomic E-state index is 12.6. The second-order valence-corrected chi connectivity index (χ2v) is 8.19. The molecule has 1 aromatic carbocycles. The van der Waals surface area contributed by atoms with Gasteiger partial charge in [-0.3, -0.25) is 4.79 Å². The number of likely N-dealkylation sites (N-methyl/N-ethyl adjacent to an activating group) is 1. The van der Waals surface area contributed by atoms with Crippen LogP contribution in [0.1, 0.15) is 17.2 Å². The fourth-order valence-electron chi connectivity index (χ4n) is 4.35. The summed E-state index contributed by atoms with van der Waals surface area (Å²) in [6.07, 6.45) is -1.15. The van der Waals surface area contributed by atoms with Crippen molar-refractivity contribution in [3.8, 4) is 17.6 Å². The maximum Gasteiger partial charge on any atom is 0.311 e. The van der Waals surface area contributed by atoms with Gasteiger partial charge in [0.1, 0.15) is 24.1 Å². The number of aryl methyl sites for hydroxylation is 1. The van der Waals surface area contributed by atoms with Crippen LogP contribution in [-0.2, 0) is 16.5 Å². The van der Waals surface area contributed by atoms with Crippen molar-refractivity contribution in [2.45, 2.75) is 17.7 Å². The molecule has 11 heteroatoms. The molecule has 0 saturated heterocycles. The van der Waals surface area contributed by atoms with E-state index in [0.29, 0.717) is 41.5 Å². The molecule has 3 heterocycles. The molecule has 2 N–H and O–H groups in total. The van der Waals surface area contributed by atoms with E-state index >= 15 is 0 Å². The molecule has 2 atom stereocenters. The van der Waals surface area contributed by atoms with Gasteiger partial charge in [0.05, 0.1) is 37.4 Å². The van der Waals surface area contributed by atoms with Crippen LogP contribution >= 0.6 is 0 Å². The third kappa shape index (κ3) is 3.86. The van der Waals surface area contributed by atoms with Crippen molar-refractivity contribution in [2.75, 3.05) is 57.8 Å². The van der Waals surface area contributed by atoms with Gasteiger partial charge in [-0.1, -0.05) is 0 Å². The third-order valence-corrected chi connectivity index (χ3v) is 5.94. The SMILES string of the molecule is COCC1(COC)Oc2ccc(C#N)cc2[C@@H](Nc2nn(C)c(=O)c3c2N(C)CCO3)[C@@H]1O. The van der Waals surface area contributed by atoms with E-state index in [-0.39, 0.29) is 24.5 Å². The predicted octanol–water partition coefficient (Wildman–Crippen LogP) is 0.419. The summed E-state index contributed by atoms with van der Waals surface area (Å²) in [6.45, 7) is 1.06. The Balaban J connectivity index is 1.87. The largest absolute Gasteiger partial charge is 0.484 e. The summed E-state index contributed by atoms with van der Waals surface area (Å²) in [6, 6.07) is 6.36. The summed E-state index contributed by atoms with van der Waals surface area (Å²) in [4.78, 5) is 14.5. The van der Waals surface area contributed by atoms with Crippen molar-refractivity contribution >= 4 is 11.5 Å². The first-order valence-electron chi connectivity index (χ1n) is 10.5. The van der Waals surface area contributed by atoms with E-state index in [1.165, 1.54) is 25.9 Å². The number of fused-ring (bicyclic) bond motifs is 2. The van der Waals surface area contributed by atoms with Crippen molar-refractivity contribution in [3.63, 3.8) is 0 Å². The summed E-state index contributed by atoms with van der Waals surface area (Å²) in [5.41, 5.74) is -0.0720. The van der Waals surface area contributed by atoms with Gasteiger partial charge < -0.3 is 34.3 Å². The van der Waals surface area contributed by atoms with Gasteiger partial charge in [0, 0.05) is 33.9 Å². The van der Waals surface area contributed by atoms with Gasteiger partial charge in [-0.05, 0) is 18.2 Å². The number of aromatic nitrogens is 2. The molecule has 0 spiro atoms. The Labute approximate surface area is 191 Å². The highest BCUT2D eigenvalue weighted by Gasteiger charge is 2.50. The highest BCUT2D eigenvalue weighted by atomic mass is 16.6. The zero-order valence-corrected chi connectivity index (χ0v) is 19.0. The Kier molecular flexibility index (Phi) is 6.16. The van der Waals surface area contributed by atoms with E-state index in [4.69, 9.17) is 18.9 Å². The van der Waals surface area contributed by atoms with Crippen LogP contribution in [0.4, 0.5) is 11.5 Å². The number of hydrogen-bond donors (Lipinski definition) is 2. The van der Waals surface area contributed by atoms with E-state index < -0.39 is 17.7 Å². The monoisotopic (exact) mass is 457 g/mol. The van der Waals surface area contributed by atoms with Gasteiger partial charge in [-0.15, -0.1) is 5.10 Å². The Morgan fingerprint density at radius 3 is 2.73 bits per heavy atom. The molecule has 1 aromatic heterocycles. The van der Waals surface area contributed by atoms with Gasteiger partial charge in [0.15, 0.2) is 11.4 Å². The summed E-state index contributed by atoms with van der Waals surface area (Å²) in [5.74, 6) is 1.03. The molecule has 0 bridgehead atoms. The van der Waals surface area contributed by atoms with Crippen LogP contribution in [0.5, 0.6) is 11.5 Å². The summed E-state index contributed by atoms with van der Waals surface area (Å²) < 4.78 is 23.8. The van der Waals surface area contributed by atoms with Crippen molar-refractivity contribution < 1.29 is 24.1 Å². The first-order valence-corrected chi connectivity index (χ1v) is 10.5. The zero-order chi connectivity index (χ0) is 23.8. The van der Waals surface area contributed by atoms with Gasteiger partial charge in [0.25, 0.3) is 0 Å². The molecule has 0 saturated carbocycles. The van der Waals surface area contributed by atoms with E-state index in [1.54, 1.807) is 18.2 Å². The number of aliphatic hydroxyl groups is 1. The molecule has 11 nitrogen and oxygen atoms in total. The maximum atomic E-state index is 12.6. The molecule has 2 aliphatic rings. The van der Waals surface area contributed by atoms with Crippen molar-refractivity contribution in [3.05, 3.63) is 39.7 Å². The number of methoxy groups -OCH3 is 2. The molecule has 2 aromatic rings. The van der Waals surface area contributed by atoms with E-state index in [2.05, 4.69) is 16.5 Å². The Morgan fingerprint density at radius 1 is 1.33 bits per heavy atom. The molecule has 0 radical (unpaired) electrons. The lowest BCUT2D eigenvalue weighted by Gasteiger charge is -2.45. The first-order chi connectivity index (χ1) is 15.8. The van der Waals surface area contributed by atoms with E-state index in [0.717, 1.165) is 0 Å². The van der Waals surface area contributed by atoms with Crippen LogP contribution in [-0.4, -0.2) is 74.2 Å². The van der Waals surface area contributed by atoms with E-state index in [1.807, 2.05) is 11.9 Å². The molecule has 176 valence electrons. The number of nitrogens with one attached hydrogen (secondary N) is 1. The Morgan fingerprint density at radius 2 is 2.06 bits per heavy atom. The van der Waals surface area contributed by atoms with Crippen LogP contribution in [0.15, 0.2) is 23.0 Å². The van der Waals surface area contributed by atoms with Crippen molar-refractivity contribution in [1.29, 1.82) is 5.26 Å². The molecule has 0 fully saturated rings. The third-order valence-electron chi connectivity index (χ3n) is 5.94. The van der Waals surface area contributed by atoms with Crippen LogP contribution in [0.25, 0.3) is 0 Å². The standard InChI is InChI=1S/C22H27N5O6/c1-26-7-8-32-18-17(26)20(25-27(2)21(18)29)24-16-14-9-13(10-23)5-6-15(14)33-22(11-30-3,12-31-4)19(16)28/h5-6,9,16,19,28H,7-8,11-12H2,1-4H3,(H,24,25)/t16-,19+/m1/s1. The average molecular weight is 457 g/mol. The number of nitrogens with zero attached hydrogens (tertiary/aromatic N) is 4. The normalized spacial score (nSPS) is 20.7. The fraction of sp³-hybridized carbons (Fsp3) is 0.500. The fourth-order valence-corrected chi connectivity index (χ4v) is 4.35. The quantitative estimate of drug-likeness (QED) is 0.629. The summed E-state index contributed by atoms with van der Waals surface area (Å²) in [7, 11) is 6.41. The topological polar surface area (TPSA) is 131 Å². The second kappa shape index (κ2) is 8.90. The van der Waals surface area contributed by atoms with Crippen molar-refractivity contribution in [1.82, 2.24) is 9.78 Å². The molecule has 0 amide bonds. The van der Waals surface area contributed by atoms with Gasteiger partial charge in [0.2, 0.25) is 5.75 Å². The molecule has 0 unspecified atom stereocenters. The van der Waals surface area contributed by atoms with Gasteiger partial charge >= 0.3 is 5.56 Å². The molecular formula is C22H27N5O6. The van der Waals surface area contributed by atoms with E-state index in [9.17, 15) is 15.2 Å². The number of rotatable bonds is 6. The Bertz CT molecular complexity index is 1140. The highest BCUT2D eigenvalue weighted by Crippen LogP contribution is 2.44. The Hall–Kier alpha value is -3.33. The molecule has 33 heavy (non-hydrogen) atoms. The van der Waals surface area contributed by atoms with Crippen LogP contribution < -0.4 is 25.2 Å². The van der Waals surface area contributed by atoms with Gasteiger partial charge in [-0.2, -0.15) is 5.26 Å². The molecule has 0 aliphatic carbocycles. The van der Waals surface area contributed by atoms with Gasteiger partial charge in [-0.25, -0.2) is 4.68 Å². The number of hydrogen-bond acceptors (Lipinski definition) is 10. The lowest BCUT2D eigenvalue weighted by Crippen LogP contribution is -2.60. The number of anilines is 2. The summed E-state index contributed by atoms with van der Waals surface area (Å²) >= 11 is 0. The molecule has 2 aliphatic heterocycles. The predicted molar refractivity (Wildman–Crippen MR) is 119 cm³/mol. The molecule has 4 rings (SSSR count). The van der Waals surface area contributed by atoms with Crippen molar-refractivity contribution in [2.24, 2.45) is 7.05 Å². The second-order valence-electron chi connectivity index (χ2n) is 8.19. The minimum atomic E-state index is -1.22. The minimum absolute atomic E-state index is 0.0570. The smallest absolute Gasteiger partial charge is 0.311 e. The number of nitriles is 1. The molecular weight excluding hydrogens is 430 g/mol. The lowest BCUT2D eigenvalue weighted by molar-refractivity contribution is -0.142. The lowest BCUT2D eigenvalue weighted by atomic mass is 9.84. The first kappa shape index (κ1) is 22.8. The summed E-state index contributed by atoms with van der Waals surface area (Å²) in [5, 5.41) is 28.7. The highest BCUT2D eigenvalue weighted by molar-refractivity contribution is 5.74. The van der Waals surface area contributed by atoms with Crippen LogP contribution in [0, 0.1) is 11.3 Å². The minimum Gasteiger partial charge on any atom is -0.484 e. The zero-order valence-electron chi connectivity index (χ0n) is 19.0. The number of benzene rings is 1. The number of aliphatic hydroxyl groups excluding tert-OH is 1. The van der Waals surface area contributed by atoms with Crippen LogP contribution in [0.2, 0.25) is 0 Å².